The van der Waals surface area contributed by atoms with Crippen LogP contribution in [0.4, 0.5) is 0 Å². The average molecular weight is 328 g/mol. The van der Waals surface area contributed by atoms with Gasteiger partial charge in [0.2, 0.25) is 5.91 Å². The molecule has 1 N–H and O–H groups in total. The van der Waals surface area contributed by atoms with Crippen LogP contribution in [-0.4, -0.2) is 20.4 Å². The van der Waals surface area contributed by atoms with Gasteiger partial charge in [-0.2, -0.15) is 0 Å². The van der Waals surface area contributed by atoms with Gasteiger partial charge in [-0.15, -0.1) is 11.3 Å². The van der Waals surface area contributed by atoms with Gasteiger partial charge in [-0.3, -0.25) is 14.2 Å². The Hall–Kier alpha value is -2.54. The molecule has 7 heteroatoms. The van der Waals surface area contributed by atoms with Gasteiger partial charge in [0.25, 0.3) is 5.56 Å². The molecular formula is C16H16N4O2S. The maximum atomic E-state index is 12.3. The highest BCUT2D eigenvalue weighted by Crippen LogP contribution is 2.17. The van der Waals surface area contributed by atoms with Gasteiger partial charge in [0.05, 0.1) is 23.3 Å². The van der Waals surface area contributed by atoms with Crippen molar-refractivity contribution in [3.05, 3.63) is 56.9 Å². The maximum Gasteiger partial charge on any atom is 0.269 e. The molecule has 0 aliphatic carbocycles. The van der Waals surface area contributed by atoms with Gasteiger partial charge in [0.15, 0.2) is 0 Å². The molecule has 3 rings (SSSR count). The molecule has 23 heavy (non-hydrogen) atoms. The standard InChI is InChI=1S/C16H16N4O2S/c1-10-9-23-16(18-10)11(2)19-14(21)8-20-13-6-4-3-5-12(13)17-7-15(20)22/h3-7,9,11H,8H2,1-2H3,(H,19,21)/t11-/m1/s1. The number of hydrogen-bond donors (Lipinski definition) is 1. The van der Waals surface area contributed by atoms with Gasteiger partial charge in [-0.1, -0.05) is 12.1 Å². The molecule has 0 saturated heterocycles. The summed E-state index contributed by atoms with van der Waals surface area (Å²) in [5.41, 5.74) is 1.97. The summed E-state index contributed by atoms with van der Waals surface area (Å²) in [7, 11) is 0. The number of amides is 1. The zero-order chi connectivity index (χ0) is 16.4. The average Bonchev–Trinajstić information content (AvgIpc) is 2.97. The van der Waals surface area contributed by atoms with Crippen LogP contribution in [0, 0.1) is 6.92 Å². The number of thiazole rings is 1. The first-order chi connectivity index (χ1) is 11.0. The number of aromatic nitrogens is 3. The summed E-state index contributed by atoms with van der Waals surface area (Å²) < 4.78 is 1.43. The van der Waals surface area contributed by atoms with Crippen molar-refractivity contribution in [2.45, 2.75) is 26.4 Å². The molecule has 0 aliphatic heterocycles. The molecule has 0 aliphatic rings. The minimum Gasteiger partial charge on any atom is -0.346 e. The second-order valence-electron chi connectivity index (χ2n) is 5.29. The summed E-state index contributed by atoms with van der Waals surface area (Å²) in [4.78, 5) is 32.8. The van der Waals surface area contributed by atoms with E-state index in [0.717, 1.165) is 10.7 Å². The van der Waals surface area contributed by atoms with Crippen LogP contribution in [0.25, 0.3) is 11.0 Å². The predicted molar refractivity (Wildman–Crippen MR) is 89.4 cm³/mol. The Morgan fingerprint density at radius 2 is 2.17 bits per heavy atom. The van der Waals surface area contributed by atoms with Gasteiger partial charge in [0, 0.05) is 11.1 Å². The number of benzene rings is 1. The van der Waals surface area contributed by atoms with Crippen molar-refractivity contribution in [3.63, 3.8) is 0 Å². The molecule has 6 nitrogen and oxygen atoms in total. The van der Waals surface area contributed by atoms with E-state index in [4.69, 9.17) is 0 Å². The van der Waals surface area contributed by atoms with Crippen molar-refractivity contribution in [2.24, 2.45) is 0 Å². The first kappa shape index (κ1) is 15.4. The summed E-state index contributed by atoms with van der Waals surface area (Å²) in [6.07, 6.45) is 1.24. The third-order valence-corrected chi connectivity index (χ3v) is 4.58. The normalized spacial score (nSPS) is 12.3. The number of aryl methyl sites for hydroxylation is 1. The van der Waals surface area contributed by atoms with Crippen molar-refractivity contribution in [1.29, 1.82) is 0 Å². The highest BCUT2D eigenvalue weighted by Gasteiger charge is 2.14. The van der Waals surface area contributed by atoms with Crippen molar-refractivity contribution >= 4 is 28.3 Å². The molecule has 0 bridgehead atoms. The number of fused-ring (bicyclic) bond motifs is 1. The first-order valence-electron chi connectivity index (χ1n) is 7.20. The molecular weight excluding hydrogens is 312 g/mol. The lowest BCUT2D eigenvalue weighted by Gasteiger charge is -2.13. The Kier molecular flexibility index (Phi) is 4.20. The van der Waals surface area contributed by atoms with Crippen molar-refractivity contribution in [3.8, 4) is 0 Å². The lowest BCUT2D eigenvalue weighted by molar-refractivity contribution is -0.122. The summed E-state index contributed by atoms with van der Waals surface area (Å²) >= 11 is 1.51. The third-order valence-electron chi connectivity index (χ3n) is 3.44. The largest absolute Gasteiger partial charge is 0.346 e. The van der Waals surface area contributed by atoms with Crippen molar-refractivity contribution in [2.75, 3.05) is 0 Å². The van der Waals surface area contributed by atoms with Crippen LogP contribution in [0.1, 0.15) is 23.7 Å². The van der Waals surface area contributed by atoms with Crippen LogP contribution in [0.3, 0.4) is 0 Å². The number of carbonyl (C=O) groups excluding carboxylic acids is 1. The second-order valence-corrected chi connectivity index (χ2v) is 6.18. The molecule has 0 saturated carbocycles. The number of nitrogens with one attached hydrogen (secondary N) is 1. The predicted octanol–water partition coefficient (Wildman–Crippen LogP) is 2.04. The smallest absolute Gasteiger partial charge is 0.269 e. The van der Waals surface area contributed by atoms with E-state index in [1.165, 1.54) is 22.1 Å². The molecule has 118 valence electrons. The van der Waals surface area contributed by atoms with E-state index in [1.54, 1.807) is 6.07 Å². The highest BCUT2D eigenvalue weighted by atomic mass is 32.1. The van der Waals surface area contributed by atoms with E-state index in [2.05, 4.69) is 15.3 Å². The van der Waals surface area contributed by atoms with Crippen LogP contribution in [0.5, 0.6) is 0 Å². The Balaban J connectivity index is 1.80. The topological polar surface area (TPSA) is 76.9 Å². The zero-order valence-electron chi connectivity index (χ0n) is 12.8. The van der Waals surface area contributed by atoms with E-state index >= 15 is 0 Å². The summed E-state index contributed by atoms with van der Waals surface area (Å²) in [6.45, 7) is 3.75. The monoisotopic (exact) mass is 328 g/mol. The lowest BCUT2D eigenvalue weighted by atomic mass is 10.3. The van der Waals surface area contributed by atoms with Crippen LogP contribution < -0.4 is 10.9 Å². The number of para-hydroxylation sites is 2. The van der Waals surface area contributed by atoms with Crippen molar-refractivity contribution < 1.29 is 4.79 Å². The molecule has 1 atom stereocenters. The molecule has 1 amide bonds. The molecule has 0 unspecified atom stereocenters. The zero-order valence-corrected chi connectivity index (χ0v) is 13.6. The summed E-state index contributed by atoms with van der Waals surface area (Å²) in [6, 6.07) is 7.06. The van der Waals surface area contributed by atoms with Crippen LogP contribution in [-0.2, 0) is 11.3 Å². The number of nitrogens with zero attached hydrogens (tertiary/aromatic N) is 3. The van der Waals surface area contributed by atoms with Gasteiger partial charge in [0.1, 0.15) is 11.6 Å². The van der Waals surface area contributed by atoms with E-state index < -0.39 is 0 Å². The van der Waals surface area contributed by atoms with Crippen LogP contribution in [0.2, 0.25) is 0 Å². The summed E-state index contributed by atoms with van der Waals surface area (Å²) in [5, 5.41) is 5.67. The number of carbonyl (C=O) groups is 1. The van der Waals surface area contributed by atoms with E-state index in [-0.39, 0.29) is 24.1 Å². The third kappa shape index (κ3) is 3.29. The molecule has 3 aromatic rings. The SMILES string of the molecule is Cc1csc([C@@H](C)NC(=O)Cn2c(=O)cnc3ccccc32)n1. The molecule has 2 heterocycles. The van der Waals surface area contributed by atoms with E-state index in [0.29, 0.717) is 11.0 Å². The van der Waals surface area contributed by atoms with E-state index in [9.17, 15) is 9.59 Å². The van der Waals surface area contributed by atoms with Crippen LogP contribution >= 0.6 is 11.3 Å². The Labute approximate surface area is 136 Å². The van der Waals surface area contributed by atoms with Crippen molar-refractivity contribution in [1.82, 2.24) is 19.9 Å². The minimum absolute atomic E-state index is 0.0451. The van der Waals surface area contributed by atoms with Gasteiger partial charge >= 0.3 is 0 Å². The van der Waals surface area contributed by atoms with Gasteiger partial charge in [-0.25, -0.2) is 9.97 Å². The van der Waals surface area contributed by atoms with Gasteiger partial charge in [-0.05, 0) is 26.0 Å². The first-order valence-corrected chi connectivity index (χ1v) is 8.08. The fourth-order valence-electron chi connectivity index (χ4n) is 2.34. The second kappa shape index (κ2) is 6.29. The quantitative estimate of drug-likeness (QED) is 0.795. The minimum atomic E-state index is -0.295. The number of hydrogen-bond acceptors (Lipinski definition) is 5. The van der Waals surface area contributed by atoms with E-state index in [1.807, 2.05) is 37.4 Å². The molecule has 1 aromatic carbocycles. The van der Waals surface area contributed by atoms with Gasteiger partial charge < -0.3 is 5.32 Å². The molecule has 2 aromatic heterocycles. The summed E-state index contributed by atoms with van der Waals surface area (Å²) in [5.74, 6) is -0.233. The maximum absolute atomic E-state index is 12.3. The Bertz CT molecular complexity index is 916. The number of rotatable bonds is 4. The van der Waals surface area contributed by atoms with Crippen LogP contribution in [0.15, 0.2) is 40.6 Å². The fraction of sp³-hybridized carbons (Fsp3) is 0.250. The molecule has 0 fully saturated rings. The lowest BCUT2D eigenvalue weighted by Crippen LogP contribution is -2.34. The Morgan fingerprint density at radius 1 is 1.39 bits per heavy atom. The fourth-order valence-corrected chi connectivity index (χ4v) is 3.15. The highest BCUT2D eigenvalue weighted by molar-refractivity contribution is 7.09. The molecule has 0 spiro atoms. The molecule has 0 radical (unpaired) electrons. The Morgan fingerprint density at radius 3 is 2.91 bits per heavy atom.